The van der Waals surface area contributed by atoms with Gasteiger partial charge in [-0.3, -0.25) is 14.9 Å². The van der Waals surface area contributed by atoms with Crippen molar-refractivity contribution in [1.82, 2.24) is 0 Å². The minimum absolute atomic E-state index is 0.0177. The van der Waals surface area contributed by atoms with Crippen molar-refractivity contribution >= 4 is 29.3 Å². The van der Waals surface area contributed by atoms with Gasteiger partial charge in [-0.25, -0.2) is 4.79 Å². The van der Waals surface area contributed by atoms with Gasteiger partial charge in [0.2, 0.25) is 5.91 Å². The number of aliphatic carboxylic acids is 1. The number of carbonyl (C=O) groups excluding carboxylic acids is 2. The highest BCUT2D eigenvalue weighted by Gasteiger charge is 2.51. The molecule has 1 aromatic carbocycles. The van der Waals surface area contributed by atoms with Gasteiger partial charge in [0.05, 0.1) is 18.4 Å². The van der Waals surface area contributed by atoms with Crippen LogP contribution in [-0.4, -0.2) is 29.7 Å². The zero-order valence-electron chi connectivity index (χ0n) is 13.8. The summed E-state index contributed by atoms with van der Waals surface area (Å²) in [5, 5.41) is 14.8. The molecular formula is C18H20N2O5. The molecular weight excluding hydrogens is 324 g/mol. The lowest BCUT2D eigenvalue weighted by Crippen LogP contribution is -2.36. The van der Waals surface area contributed by atoms with Crippen LogP contribution in [0.3, 0.4) is 0 Å². The summed E-state index contributed by atoms with van der Waals surface area (Å²) in [7, 11) is 0. The van der Waals surface area contributed by atoms with E-state index in [2.05, 4.69) is 10.6 Å². The Morgan fingerprint density at radius 3 is 2.16 bits per heavy atom. The van der Waals surface area contributed by atoms with Gasteiger partial charge in [-0.1, -0.05) is 12.2 Å². The number of carboxylic acid groups (broad SMARTS) is 1. The van der Waals surface area contributed by atoms with Crippen LogP contribution in [-0.2, 0) is 14.3 Å². The quantitative estimate of drug-likeness (QED) is 0.712. The normalized spacial score (nSPS) is 26.3. The summed E-state index contributed by atoms with van der Waals surface area (Å²) in [5.74, 6) is -2.50. The van der Waals surface area contributed by atoms with Crippen LogP contribution in [0.1, 0.15) is 13.3 Å². The van der Waals surface area contributed by atoms with E-state index in [0.717, 1.165) is 6.42 Å². The molecule has 1 aromatic rings. The van der Waals surface area contributed by atoms with Crippen LogP contribution in [0, 0.1) is 23.7 Å². The highest BCUT2D eigenvalue weighted by molar-refractivity contribution is 5.96. The molecule has 2 bridgehead atoms. The molecule has 0 aliphatic heterocycles. The van der Waals surface area contributed by atoms with Gasteiger partial charge in [0, 0.05) is 11.4 Å². The Bertz CT molecular complexity index is 713. The van der Waals surface area contributed by atoms with Crippen molar-refractivity contribution in [2.75, 3.05) is 17.2 Å². The predicted octanol–water partition coefficient (Wildman–Crippen LogP) is 2.72. The lowest BCUT2D eigenvalue weighted by molar-refractivity contribution is -0.146. The second-order valence-corrected chi connectivity index (χ2v) is 6.25. The summed E-state index contributed by atoms with van der Waals surface area (Å²) >= 11 is 0. The van der Waals surface area contributed by atoms with Gasteiger partial charge in [-0.2, -0.15) is 0 Å². The Kier molecular flexibility index (Phi) is 4.74. The van der Waals surface area contributed by atoms with E-state index in [1.54, 1.807) is 31.2 Å². The van der Waals surface area contributed by atoms with Gasteiger partial charge in [0.15, 0.2) is 0 Å². The van der Waals surface area contributed by atoms with Gasteiger partial charge in [0.1, 0.15) is 0 Å². The average Bonchev–Trinajstić information content (AvgIpc) is 3.18. The topological polar surface area (TPSA) is 105 Å². The molecule has 2 amide bonds. The average molecular weight is 344 g/mol. The summed E-state index contributed by atoms with van der Waals surface area (Å²) in [6.45, 7) is 2.00. The predicted molar refractivity (Wildman–Crippen MR) is 91.1 cm³/mol. The fourth-order valence-corrected chi connectivity index (χ4v) is 3.66. The van der Waals surface area contributed by atoms with Crippen molar-refractivity contribution in [3.8, 4) is 0 Å². The third-order valence-corrected chi connectivity index (χ3v) is 4.72. The second kappa shape index (κ2) is 6.96. The molecule has 25 heavy (non-hydrogen) atoms. The van der Waals surface area contributed by atoms with Crippen molar-refractivity contribution in [3.05, 3.63) is 36.4 Å². The fourth-order valence-electron chi connectivity index (χ4n) is 3.66. The maximum Gasteiger partial charge on any atom is 0.411 e. The van der Waals surface area contributed by atoms with Crippen molar-refractivity contribution in [3.63, 3.8) is 0 Å². The van der Waals surface area contributed by atoms with E-state index in [-0.39, 0.29) is 24.3 Å². The summed E-state index contributed by atoms with van der Waals surface area (Å²) in [5.41, 5.74) is 1.10. The van der Waals surface area contributed by atoms with Gasteiger partial charge >= 0.3 is 12.1 Å². The Hall–Kier alpha value is -2.83. The van der Waals surface area contributed by atoms with Crippen LogP contribution in [0.4, 0.5) is 16.2 Å². The Labute approximate surface area is 145 Å². The number of nitrogens with one attached hydrogen (secondary N) is 2. The molecule has 2 aliphatic rings. The number of rotatable bonds is 5. The number of carboxylic acids is 1. The lowest BCUT2D eigenvalue weighted by atomic mass is 9.82. The highest BCUT2D eigenvalue weighted by atomic mass is 16.5. The molecule has 1 fully saturated rings. The van der Waals surface area contributed by atoms with Crippen molar-refractivity contribution in [1.29, 1.82) is 0 Å². The van der Waals surface area contributed by atoms with Gasteiger partial charge < -0.3 is 15.2 Å². The molecule has 0 radical (unpaired) electrons. The van der Waals surface area contributed by atoms with Crippen LogP contribution in [0.25, 0.3) is 0 Å². The molecule has 7 heteroatoms. The molecule has 3 N–H and O–H groups in total. The number of allylic oxidation sites excluding steroid dienone is 2. The number of benzene rings is 1. The molecule has 0 saturated heterocycles. The molecule has 2 aliphatic carbocycles. The first-order valence-corrected chi connectivity index (χ1v) is 8.25. The van der Waals surface area contributed by atoms with Crippen LogP contribution >= 0.6 is 0 Å². The third kappa shape index (κ3) is 3.50. The minimum Gasteiger partial charge on any atom is -0.481 e. The number of ether oxygens (including phenoxy) is 1. The number of amides is 2. The lowest BCUT2D eigenvalue weighted by Gasteiger charge is -2.23. The Morgan fingerprint density at radius 1 is 1.04 bits per heavy atom. The first kappa shape index (κ1) is 17.0. The fraction of sp³-hybridized carbons (Fsp3) is 0.389. The third-order valence-electron chi connectivity index (χ3n) is 4.72. The standard InChI is InChI=1S/C18H20N2O5/c1-2-25-18(24)20-13-7-5-12(6-8-13)19-16(21)14-10-3-4-11(9-10)15(14)17(22)23/h3-8,10-11,14-15H,2,9H2,1H3,(H,19,21)(H,20,24)(H,22,23)/t10-,11-,14+,15+/m0/s1. The molecule has 0 spiro atoms. The molecule has 3 rings (SSSR count). The second-order valence-electron chi connectivity index (χ2n) is 6.25. The summed E-state index contributed by atoms with van der Waals surface area (Å²) in [6.07, 6.45) is 4.03. The van der Waals surface area contributed by atoms with Crippen molar-refractivity contribution < 1.29 is 24.2 Å². The summed E-state index contributed by atoms with van der Waals surface area (Å²) < 4.78 is 4.79. The van der Waals surface area contributed by atoms with E-state index >= 15 is 0 Å². The largest absolute Gasteiger partial charge is 0.481 e. The number of hydrogen-bond donors (Lipinski definition) is 3. The van der Waals surface area contributed by atoms with Gasteiger partial charge in [-0.05, 0) is 49.4 Å². The first-order valence-electron chi connectivity index (χ1n) is 8.25. The maximum absolute atomic E-state index is 12.6. The van der Waals surface area contributed by atoms with E-state index in [0.29, 0.717) is 11.4 Å². The number of hydrogen-bond acceptors (Lipinski definition) is 4. The smallest absolute Gasteiger partial charge is 0.411 e. The maximum atomic E-state index is 12.6. The van der Waals surface area contributed by atoms with Crippen LogP contribution in [0.15, 0.2) is 36.4 Å². The van der Waals surface area contributed by atoms with Crippen molar-refractivity contribution in [2.45, 2.75) is 13.3 Å². The number of carbonyl (C=O) groups is 3. The van der Waals surface area contributed by atoms with E-state index in [4.69, 9.17) is 4.74 Å². The molecule has 132 valence electrons. The number of anilines is 2. The molecule has 0 heterocycles. The monoisotopic (exact) mass is 344 g/mol. The Morgan fingerprint density at radius 2 is 1.60 bits per heavy atom. The minimum atomic E-state index is -0.925. The molecule has 4 atom stereocenters. The van der Waals surface area contributed by atoms with Crippen molar-refractivity contribution in [2.24, 2.45) is 23.7 Å². The van der Waals surface area contributed by atoms with E-state index in [9.17, 15) is 19.5 Å². The van der Waals surface area contributed by atoms with E-state index in [1.807, 2.05) is 12.2 Å². The summed E-state index contributed by atoms with van der Waals surface area (Å²) in [6, 6.07) is 6.58. The Balaban J connectivity index is 1.64. The zero-order chi connectivity index (χ0) is 18.0. The van der Waals surface area contributed by atoms with Crippen LogP contribution < -0.4 is 10.6 Å². The van der Waals surface area contributed by atoms with E-state index in [1.165, 1.54) is 0 Å². The molecule has 0 aromatic heterocycles. The van der Waals surface area contributed by atoms with Gasteiger partial charge in [0.25, 0.3) is 0 Å². The van der Waals surface area contributed by atoms with Crippen LogP contribution in [0.2, 0.25) is 0 Å². The summed E-state index contributed by atoms with van der Waals surface area (Å²) in [4.78, 5) is 35.4. The number of fused-ring (bicyclic) bond motifs is 2. The zero-order valence-corrected chi connectivity index (χ0v) is 13.8. The van der Waals surface area contributed by atoms with Crippen LogP contribution in [0.5, 0.6) is 0 Å². The molecule has 1 saturated carbocycles. The molecule has 7 nitrogen and oxygen atoms in total. The van der Waals surface area contributed by atoms with Gasteiger partial charge in [-0.15, -0.1) is 0 Å². The molecule has 0 unspecified atom stereocenters. The first-order chi connectivity index (χ1) is 12.0. The van der Waals surface area contributed by atoms with E-state index < -0.39 is 23.9 Å². The SMILES string of the molecule is CCOC(=O)Nc1ccc(NC(=O)[C@H]2[C@H](C(=O)O)[C@H]3C=C[C@H]2C3)cc1. The highest BCUT2D eigenvalue weighted by Crippen LogP contribution is 2.48.